The highest BCUT2D eigenvalue weighted by Gasteiger charge is 2.11. The van der Waals surface area contributed by atoms with Gasteiger partial charge in [0.15, 0.2) is 0 Å². The molecule has 0 saturated carbocycles. The lowest BCUT2D eigenvalue weighted by Gasteiger charge is -2.10. The number of carbonyl (C=O) groups excluding carboxylic acids is 1. The Morgan fingerprint density at radius 2 is 2.47 bits per heavy atom. The molecule has 1 heterocycles. The van der Waals surface area contributed by atoms with Gasteiger partial charge in [-0.2, -0.15) is 0 Å². The normalized spacial score (nSPS) is 19.1. The minimum absolute atomic E-state index is 0.229. The van der Waals surface area contributed by atoms with Gasteiger partial charge in [0.05, 0.1) is 6.54 Å². The van der Waals surface area contributed by atoms with Crippen LogP contribution in [0, 0.1) is 0 Å². The Balaban J connectivity index is 2.06. The summed E-state index contributed by atoms with van der Waals surface area (Å²) in [6, 6.07) is 0.102. The molecule has 0 spiro atoms. The first-order valence-corrected chi connectivity index (χ1v) is 5.33. The van der Waals surface area contributed by atoms with E-state index in [0.29, 0.717) is 18.5 Å². The van der Waals surface area contributed by atoms with Crippen molar-refractivity contribution in [2.75, 3.05) is 13.1 Å². The summed E-state index contributed by atoms with van der Waals surface area (Å²) in [6.45, 7) is 5.54. The number of rotatable bonds is 3. The van der Waals surface area contributed by atoms with Gasteiger partial charge in [0.1, 0.15) is 0 Å². The van der Waals surface area contributed by atoms with Crippen molar-refractivity contribution in [1.82, 2.24) is 21.5 Å². The highest BCUT2D eigenvalue weighted by atomic mass is 16.2. The predicted octanol–water partition coefficient (Wildman–Crippen LogP) is -0.0620. The first kappa shape index (κ1) is 11.6. The number of urea groups is 1. The van der Waals surface area contributed by atoms with E-state index in [2.05, 4.69) is 33.4 Å². The quantitative estimate of drug-likeness (QED) is 0.392. The molecular formula is C9H19N5O. The van der Waals surface area contributed by atoms with Gasteiger partial charge >= 0.3 is 6.03 Å². The second kappa shape index (κ2) is 6.10. The van der Waals surface area contributed by atoms with E-state index >= 15 is 0 Å². The van der Waals surface area contributed by atoms with Crippen LogP contribution in [0.3, 0.4) is 0 Å². The Morgan fingerprint density at radius 3 is 3.07 bits per heavy atom. The van der Waals surface area contributed by atoms with Crippen molar-refractivity contribution >= 4 is 12.0 Å². The van der Waals surface area contributed by atoms with Gasteiger partial charge in [-0.05, 0) is 13.3 Å². The summed E-state index contributed by atoms with van der Waals surface area (Å²) in [6.07, 6.45) is 2.06. The Morgan fingerprint density at radius 1 is 1.67 bits per heavy atom. The monoisotopic (exact) mass is 213 g/mol. The predicted molar refractivity (Wildman–Crippen MR) is 59.5 cm³/mol. The molecule has 1 atom stereocenters. The van der Waals surface area contributed by atoms with E-state index in [1.807, 2.05) is 6.92 Å². The molecule has 0 radical (unpaired) electrons. The fraction of sp³-hybridized carbons (Fsp3) is 0.778. The van der Waals surface area contributed by atoms with Crippen LogP contribution in [-0.2, 0) is 0 Å². The van der Waals surface area contributed by atoms with Crippen LogP contribution in [0.15, 0.2) is 4.99 Å². The molecule has 15 heavy (non-hydrogen) atoms. The lowest BCUT2D eigenvalue weighted by atomic mass is 10.3. The fourth-order valence-electron chi connectivity index (χ4n) is 1.17. The van der Waals surface area contributed by atoms with Crippen molar-refractivity contribution in [1.29, 1.82) is 0 Å². The molecule has 1 rings (SSSR count). The molecule has 0 bridgehead atoms. The van der Waals surface area contributed by atoms with Crippen molar-refractivity contribution in [2.45, 2.75) is 32.7 Å². The zero-order chi connectivity index (χ0) is 11.1. The van der Waals surface area contributed by atoms with Crippen molar-refractivity contribution in [3.63, 3.8) is 0 Å². The van der Waals surface area contributed by atoms with Gasteiger partial charge in [-0.25, -0.2) is 15.2 Å². The standard InChI is InChI=1S/C9H19N5O/c1-3-4-5-10-9(15)14-13-8-11-6-7(2)12-8/h7H,3-6H2,1-2H3,(H2,10,14,15)(H2,11,12,13). The highest BCUT2D eigenvalue weighted by molar-refractivity contribution is 5.84. The Labute approximate surface area is 89.9 Å². The van der Waals surface area contributed by atoms with Gasteiger partial charge in [0, 0.05) is 12.6 Å². The van der Waals surface area contributed by atoms with Crippen molar-refractivity contribution < 1.29 is 4.79 Å². The van der Waals surface area contributed by atoms with Crippen LogP contribution in [0.4, 0.5) is 4.79 Å². The average Bonchev–Trinajstić information content (AvgIpc) is 2.62. The number of nitrogens with zero attached hydrogens (tertiary/aromatic N) is 1. The fourth-order valence-corrected chi connectivity index (χ4v) is 1.17. The first-order valence-electron chi connectivity index (χ1n) is 5.33. The van der Waals surface area contributed by atoms with Crippen LogP contribution in [0.1, 0.15) is 26.7 Å². The summed E-state index contributed by atoms with van der Waals surface area (Å²) in [5, 5.41) is 5.80. The second-order valence-corrected chi connectivity index (χ2v) is 3.59. The maximum Gasteiger partial charge on any atom is 0.333 e. The van der Waals surface area contributed by atoms with Crippen LogP contribution < -0.4 is 21.5 Å². The molecule has 0 fully saturated rings. The number of carbonyl (C=O) groups is 1. The lowest BCUT2D eigenvalue weighted by Crippen LogP contribution is -2.51. The molecule has 6 nitrogen and oxygen atoms in total. The first-order chi connectivity index (χ1) is 7.22. The van der Waals surface area contributed by atoms with Gasteiger partial charge in [0.2, 0.25) is 5.96 Å². The number of nitrogens with one attached hydrogen (secondary N) is 4. The van der Waals surface area contributed by atoms with Gasteiger partial charge in [-0.15, -0.1) is 0 Å². The number of aliphatic imine (C=N–C) groups is 1. The third kappa shape index (κ3) is 4.53. The Bertz CT molecular complexity index is 241. The molecule has 0 saturated heterocycles. The van der Waals surface area contributed by atoms with Crippen LogP contribution in [0.5, 0.6) is 0 Å². The molecule has 1 unspecified atom stereocenters. The zero-order valence-electron chi connectivity index (χ0n) is 9.26. The summed E-state index contributed by atoms with van der Waals surface area (Å²) in [5.74, 6) is 0.619. The molecule has 86 valence electrons. The van der Waals surface area contributed by atoms with Crippen molar-refractivity contribution in [3.05, 3.63) is 0 Å². The largest absolute Gasteiger partial charge is 0.351 e. The third-order valence-corrected chi connectivity index (χ3v) is 2.02. The van der Waals surface area contributed by atoms with E-state index < -0.39 is 0 Å². The van der Waals surface area contributed by atoms with E-state index in [4.69, 9.17) is 0 Å². The smallest absolute Gasteiger partial charge is 0.333 e. The Hall–Kier alpha value is -1.46. The molecule has 4 N–H and O–H groups in total. The number of hydrogen-bond donors (Lipinski definition) is 4. The number of hydrazine groups is 1. The summed E-state index contributed by atoms with van der Waals surface area (Å²) in [5.41, 5.74) is 5.23. The second-order valence-electron chi connectivity index (χ2n) is 3.59. The van der Waals surface area contributed by atoms with Crippen LogP contribution in [-0.4, -0.2) is 31.1 Å². The Kier molecular flexibility index (Phi) is 4.73. The molecule has 2 amide bonds. The summed E-state index contributed by atoms with van der Waals surface area (Å²) >= 11 is 0. The molecule has 1 aliphatic heterocycles. The number of amides is 2. The molecule has 0 aliphatic carbocycles. The number of guanidine groups is 1. The highest BCUT2D eigenvalue weighted by Crippen LogP contribution is 1.90. The van der Waals surface area contributed by atoms with Gasteiger partial charge in [-0.1, -0.05) is 13.3 Å². The maximum atomic E-state index is 11.2. The zero-order valence-corrected chi connectivity index (χ0v) is 9.26. The van der Waals surface area contributed by atoms with Gasteiger partial charge in [0.25, 0.3) is 0 Å². The topological polar surface area (TPSA) is 77.6 Å². The molecule has 0 aromatic heterocycles. The summed E-state index contributed by atoms with van der Waals surface area (Å²) in [7, 11) is 0. The van der Waals surface area contributed by atoms with E-state index in [1.54, 1.807) is 0 Å². The molecule has 0 aromatic rings. The number of unbranched alkanes of at least 4 members (excludes halogenated alkanes) is 1. The van der Waals surface area contributed by atoms with E-state index in [1.165, 1.54) is 0 Å². The van der Waals surface area contributed by atoms with Crippen molar-refractivity contribution in [3.8, 4) is 0 Å². The SMILES string of the molecule is CCCCNC(=O)NNC1=NCC(C)N1. The molecular weight excluding hydrogens is 194 g/mol. The van der Waals surface area contributed by atoms with E-state index in [9.17, 15) is 4.79 Å². The minimum Gasteiger partial charge on any atom is -0.351 e. The van der Waals surface area contributed by atoms with E-state index in [-0.39, 0.29) is 6.03 Å². The molecule has 0 aromatic carbocycles. The third-order valence-electron chi connectivity index (χ3n) is 2.02. The van der Waals surface area contributed by atoms with E-state index in [0.717, 1.165) is 19.4 Å². The van der Waals surface area contributed by atoms with Crippen LogP contribution in [0.2, 0.25) is 0 Å². The lowest BCUT2D eigenvalue weighted by molar-refractivity contribution is 0.239. The molecule has 6 heteroatoms. The summed E-state index contributed by atoms with van der Waals surface area (Å²) in [4.78, 5) is 15.3. The average molecular weight is 213 g/mol. The van der Waals surface area contributed by atoms with Gasteiger partial charge < -0.3 is 10.6 Å². The van der Waals surface area contributed by atoms with Crippen molar-refractivity contribution in [2.24, 2.45) is 4.99 Å². The summed E-state index contributed by atoms with van der Waals surface area (Å²) < 4.78 is 0. The molecule has 1 aliphatic rings. The van der Waals surface area contributed by atoms with Gasteiger partial charge in [-0.3, -0.25) is 5.43 Å². The number of hydrogen-bond acceptors (Lipinski definition) is 4. The van der Waals surface area contributed by atoms with Crippen LogP contribution in [0.25, 0.3) is 0 Å². The van der Waals surface area contributed by atoms with Crippen LogP contribution >= 0.6 is 0 Å². The minimum atomic E-state index is -0.229. The maximum absolute atomic E-state index is 11.2.